The van der Waals surface area contributed by atoms with Crippen molar-refractivity contribution in [3.8, 4) is 0 Å². The van der Waals surface area contributed by atoms with Crippen LogP contribution in [0.25, 0.3) is 0 Å². The second-order valence-corrected chi connectivity index (χ2v) is 6.04. The van der Waals surface area contributed by atoms with Crippen molar-refractivity contribution in [2.75, 3.05) is 39.9 Å². The van der Waals surface area contributed by atoms with Crippen LogP contribution in [0, 0.1) is 0 Å². The molecule has 0 radical (unpaired) electrons. The normalized spacial score (nSPS) is 23.2. The fourth-order valence-electron chi connectivity index (χ4n) is 3.36. The summed E-state index contributed by atoms with van der Waals surface area (Å²) in [7, 11) is 1.68. The standard InChI is InChI=1S/C15H29N3O2/c1-20-12-4-5-14(16)15(19)18-10-6-13(7-11-18)17-8-2-3-9-17/h13-14H,2-12,16H2,1H3. The summed E-state index contributed by atoms with van der Waals surface area (Å²) in [5.41, 5.74) is 5.99. The van der Waals surface area contributed by atoms with E-state index in [1.165, 1.54) is 25.9 Å². The molecule has 0 aromatic heterocycles. The Labute approximate surface area is 122 Å². The van der Waals surface area contributed by atoms with Gasteiger partial charge in [0, 0.05) is 32.8 Å². The van der Waals surface area contributed by atoms with Crippen molar-refractivity contribution in [3.05, 3.63) is 0 Å². The molecule has 2 N–H and O–H groups in total. The van der Waals surface area contributed by atoms with Crippen LogP contribution in [0.4, 0.5) is 0 Å². The Morgan fingerprint density at radius 2 is 1.90 bits per heavy atom. The molecule has 0 bridgehead atoms. The number of piperidine rings is 1. The summed E-state index contributed by atoms with van der Waals surface area (Å²) in [5, 5.41) is 0. The van der Waals surface area contributed by atoms with Gasteiger partial charge in [0.15, 0.2) is 0 Å². The lowest BCUT2D eigenvalue weighted by molar-refractivity contribution is -0.134. The number of carbonyl (C=O) groups is 1. The second kappa shape index (κ2) is 7.96. The largest absolute Gasteiger partial charge is 0.385 e. The molecule has 0 aromatic rings. The molecule has 2 fully saturated rings. The molecule has 0 spiro atoms. The average Bonchev–Trinajstić information content (AvgIpc) is 3.01. The molecular weight excluding hydrogens is 254 g/mol. The van der Waals surface area contributed by atoms with Gasteiger partial charge < -0.3 is 20.3 Å². The van der Waals surface area contributed by atoms with Crippen LogP contribution in [0.2, 0.25) is 0 Å². The third-order valence-corrected chi connectivity index (χ3v) is 4.61. The molecule has 2 saturated heterocycles. The van der Waals surface area contributed by atoms with Crippen molar-refractivity contribution in [2.24, 2.45) is 5.73 Å². The first-order valence-corrected chi connectivity index (χ1v) is 7.99. The van der Waals surface area contributed by atoms with Crippen molar-refractivity contribution in [2.45, 2.75) is 50.6 Å². The highest BCUT2D eigenvalue weighted by atomic mass is 16.5. The second-order valence-electron chi connectivity index (χ2n) is 6.04. The van der Waals surface area contributed by atoms with Crippen LogP contribution in [0.5, 0.6) is 0 Å². The van der Waals surface area contributed by atoms with E-state index >= 15 is 0 Å². The average molecular weight is 283 g/mol. The molecule has 2 heterocycles. The molecule has 2 aliphatic rings. The molecular formula is C15H29N3O2. The third-order valence-electron chi connectivity index (χ3n) is 4.61. The number of nitrogens with zero attached hydrogens (tertiary/aromatic N) is 2. The zero-order chi connectivity index (χ0) is 14.4. The Kier molecular flexibility index (Phi) is 6.26. The number of hydrogen-bond donors (Lipinski definition) is 1. The van der Waals surface area contributed by atoms with Crippen LogP contribution >= 0.6 is 0 Å². The highest BCUT2D eigenvalue weighted by Gasteiger charge is 2.29. The van der Waals surface area contributed by atoms with E-state index in [2.05, 4.69) is 4.90 Å². The Morgan fingerprint density at radius 1 is 1.25 bits per heavy atom. The van der Waals surface area contributed by atoms with Crippen molar-refractivity contribution < 1.29 is 9.53 Å². The fourth-order valence-corrected chi connectivity index (χ4v) is 3.36. The highest BCUT2D eigenvalue weighted by Crippen LogP contribution is 2.21. The molecule has 1 amide bonds. The molecule has 1 unspecified atom stereocenters. The van der Waals surface area contributed by atoms with E-state index in [0.29, 0.717) is 12.6 Å². The number of hydrogen-bond acceptors (Lipinski definition) is 4. The van der Waals surface area contributed by atoms with Crippen molar-refractivity contribution in [3.63, 3.8) is 0 Å². The van der Waals surface area contributed by atoms with Gasteiger partial charge in [-0.25, -0.2) is 0 Å². The van der Waals surface area contributed by atoms with E-state index in [-0.39, 0.29) is 11.9 Å². The van der Waals surface area contributed by atoms with E-state index < -0.39 is 0 Å². The van der Waals surface area contributed by atoms with Gasteiger partial charge in [-0.1, -0.05) is 0 Å². The summed E-state index contributed by atoms with van der Waals surface area (Å²) >= 11 is 0. The molecule has 0 aliphatic carbocycles. The van der Waals surface area contributed by atoms with Crippen LogP contribution < -0.4 is 5.73 Å². The quantitative estimate of drug-likeness (QED) is 0.734. The summed E-state index contributed by atoms with van der Waals surface area (Å²) in [4.78, 5) is 16.8. The van der Waals surface area contributed by atoms with Gasteiger partial charge in [0.05, 0.1) is 6.04 Å². The van der Waals surface area contributed by atoms with Gasteiger partial charge in [-0.2, -0.15) is 0 Å². The van der Waals surface area contributed by atoms with Crippen molar-refractivity contribution in [1.29, 1.82) is 0 Å². The minimum atomic E-state index is -0.353. The van der Waals surface area contributed by atoms with Crippen LogP contribution in [-0.4, -0.2) is 67.7 Å². The number of amides is 1. The summed E-state index contributed by atoms with van der Waals surface area (Å²) in [5.74, 6) is 0.126. The molecule has 0 saturated carbocycles. The SMILES string of the molecule is COCCCC(N)C(=O)N1CCC(N2CCCC2)CC1. The number of ether oxygens (including phenoxy) is 1. The number of methoxy groups -OCH3 is 1. The molecule has 5 heteroatoms. The fraction of sp³-hybridized carbons (Fsp3) is 0.933. The van der Waals surface area contributed by atoms with Gasteiger partial charge in [-0.05, 0) is 51.6 Å². The van der Waals surface area contributed by atoms with Gasteiger partial charge in [-0.3, -0.25) is 4.79 Å². The van der Waals surface area contributed by atoms with Gasteiger partial charge in [0.25, 0.3) is 0 Å². The molecule has 2 rings (SSSR count). The maximum absolute atomic E-state index is 12.3. The maximum atomic E-state index is 12.3. The zero-order valence-corrected chi connectivity index (χ0v) is 12.7. The smallest absolute Gasteiger partial charge is 0.239 e. The molecule has 116 valence electrons. The first-order chi connectivity index (χ1) is 9.72. The predicted octanol–water partition coefficient (Wildman–Crippen LogP) is 0.827. The van der Waals surface area contributed by atoms with E-state index in [0.717, 1.165) is 38.8 Å². The Balaban J connectivity index is 1.70. The van der Waals surface area contributed by atoms with Gasteiger partial charge in [0.2, 0.25) is 5.91 Å². The highest BCUT2D eigenvalue weighted by molar-refractivity contribution is 5.81. The van der Waals surface area contributed by atoms with E-state index in [9.17, 15) is 4.79 Å². The Bertz CT molecular complexity index is 297. The minimum Gasteiger partial charge on any atom is -0.385 e. The van der Waals surface area contributed by atoms with Crippen LogP contribution in [-0.2, 0) is 9.53 Å². The molecule has 1 atom stereocenters. The lowest BCUT2D eigenvalue weighted by atomic mass is 10.0. The van der Waals surface area contributed by atoms with Gasteiger partial charge in [0.1, 0.15) is 0 Å². The molecule has 20 heavy (non-hydrogen) atoms. The van der Waals surface area contributed by atoms with Gasteiger partial charge >= 0.3 is 0 Å². The first kappa shape index (κ1) is 15.7. The number of carbonyl (C=O) groups excluding carboxylic acids is 1. The molecule has 0 aromatic carbocycles. The summed E-state index contributed by atoms with van der Waals surface area (Å²) in [6, 6.07) is 0.333. The Hall–Kier alpha value is -0.650. The van der Waals surface area contributed by atoms with Gasteiger partial charge in [-0.15, -0.1) is 0 Å². The lowest BCUT2D eigenvalue weighted by Gasteiger charge is -2.37. The topological polar surface area (TPSA) is 58.8 Å². The van der Waals surface area contributed by atoms with Crippen molar-refractivity contribution in [1.82, 2.24) is 9.80 Å². The van der Waals surface area contributed by atoms with Crippen LogP contribution in [0.1, 0.15) is 38.5 Å². The third kappa shape index (κ3) is 4.17. The maximum Gasteiger partial charge on any atom is 0.239 e. The Morgan fingerprint density at radius 3 is 2.50 bits per heavy atom. The molecule has 5 nitrogen and oxygen atoms in total. The zero-order valence-electron chi connectivity index (χ0n) is 12.7. The van der Waals surface area contributed by atoms with Crippen molar-refractivity contribution >= 4 is 5.91 Å². The number of rotatable bonds is 6. The lowest BCUT2D eigenvalue weighted by Crippen LogP contribution is -2.50. The predicted molar refractivity (Wildman–Crippen MR) is 79.5 cm³/mol. The summed E-state index contributed by atoms with van der Waals surface area (Å²) in [6.45, 7) is 4.91. The first-order valence-electron chi connectivity index (χ1n) is 7.99. The summed E-state index contributed by atoms with van der Waals surface area (Å²) < 4.78 is 5.00. The minimum absolute atomic E-state index is 0.126. The number of likely N-dealkylation sites (tertiary alicyclic amines) is 2. The van der Waals surface area contributed by atoms with E-state index in [4.69, 9.17) is 10.5 Å². The van der Waals surface area contributed by atoms with E-state index in [1.54, 1.807) is 7.11 Å². The number of nitrogens with two attached hydrogens (primary N) is 1. The van der Waals surface area contributed by atoms with Crippen LogP contribution in [0.15, 0.2) is 0 Å². The monoisotopic (exact) mass is 283 g/mol. The van der Waals surface area contributed by atoms with Crippen LogP contribution in [0.3, 0.4) is 0 Å². The van der Waals surface area contributed by atoms with E-state index in [1.807, 2.05) is 4.90 Å². The summed E-state index contributed by atoms with van der Waals surface area (Å²) in [6.07, 6.45) is 6.46. The molecule has 2 aliphatic heterocycles.